The number of hydrogen-bond donors (Lipinski definition) is 1. The molecule has 1 heterocycles. The molecule has 0 bridgehead atoms. The van der Waals surface area contributed by atoms with Crippen molar-refractivity contribution in [2.75, 3.05) is 0 Å². The molecule has 0 fully saturated rings. The van der Waals surface area contributed by atoms with Crippen LogP contribution < -0.4 is 0 Å². The predicted octanol–water partition coefficient (Wildman–Crippen LogP) is 2.00. The lowest BCUT2D eigenvalue weighted by Crippen LogP contribution is -2.12. The first-order chi connectivity index (χ1) is 6.09. The number of halogens is 1. The van der Waals surface area contributed by atoms with E-state index in [4.69, 9.17) is 16.7 Å². The van der Waals surface area contributed by atoms with Gasteiger partial charge in [0.15, 0.2) is 0 Å². The highest BCUT2D eigenvalue weighted by Crippen LogP contribution is 2.11. The lowest BCUT2D eigenvalue weighted by Gasteiger charge is -2.04. The number of carbonyl (C=O) groups is 1. The minimum atomic E-state index is -0.818. The van der Waals surface area contributed by atoms with E-state index in [1.165, 1.54) is 0 Å². The van der Waals surface area contributed by atoms with Crippen LogP contribution >= 0.6 is 11.6 Å². The van der Waals surface area contributed by atoms with Gasteiger partial charge in [-0.15, -0.1) is 0 Å². The Balaban J connectivity index is 2.69. The zero-order chi connectivity index (χ0) is 9.84. The summed E-state index contributed by atoms with van der Waals surface area (Å²) in [5.41, 5.74) is 0.711. The van der Waals surface area contributed by atoms with E-state index in [1.54, 1.807) is 25.3 Å². The summed E-state index contributed by atoms with van der Waals surface area (Å²) in [4.78, 5) is 14.5. The first kappa shape index (κ1) is 9.99. The van der Waals surface area contributed by atoms with Crippen molar-refractivity contribution in [2.24, 2.45) is 5.92 Å². The van der Waals surface area contributed by atoms with Crippen LogP contribution in [0.5, 0.6) is 0 Å². The molecule has 70 valence electrons. The van der Waals surface area contributed by atoms with Gasteiger partial charge in [0.2, 0.25) is 0 Å². The number of aromatic nitrogens is 1. The molecule has 1 aromatic rings. The van der Waals surface area contributed by atoms with E-state index >= 15 is 0 Å². The molecular weight excluding hydrogens is 190 g/mol. The van der Waals surface area contributed by atoms with Gasteiger partial charge in [-0.05, 0) is 12.1 Å². The molecule has 1 N–H and O–H groups in total. The fraction of sp³-hybridized carbons (Fsp3) is 0.333. The van der Waals surface area contributed by atoms with Crippen molar-refractivity contribution in [3.8, 4) is 0 Å². The number of aliphatic carboxylic acids is 1. The van der Waals surface area contributed by atoms with Crippen molar-refractivity contribution >= 4 is 17.6 Å². The molecule has 0 amide bonds. The quantitative estimate of drug-likeness (QED) is 0.810. The molecule has 0 aliphatic carbocycles. The van der Waals surface area contributed by atoms with Crippen molar-refractivity contribution < 1.29 is 9.90 Å². The van der Waals surface area contributed by atoms with Gasteiger partial charge in [0.1, 0.15) is 0 Å². The van der Waals surface area contributed by atoms with E-state index in [9.17, 15) is 4.79 Å². The molecule has 4 heteroatoms. The smallest absolute Gasteiger partial charge is 0.306 e. The second kappa shape index (κ2) is 4.23. The van der Waals surface area contributed by atoms with Crippen LogP contribution in [0.25, 0.3) is 0 Å². The standard InChI is InChI=1S/C9H10ClNO2/c1-6(9(12)13)4-8-5-7(10)2-3-11-8/h2-3,5-6H,4H2,1H3,(H,12,13). The molecular formula is C9H10ClNO2. The molecule has 0 aliphatic rings. The fourth-order valence-corrected chi connectivity index (χ4v) is 1.14. The maximum Gasteiger partial charge on any atom is 0.306 e. The van der Waals surface area contributed by atoms with Crippen molar-refractivity contribution in [1.82, 2.24) is 4.98 Å². The van der Waals surface area contributed by atoms with E-state index in [0.717, 1.165) is 0 Å². The number of rotatable bonds is 3. The number of pyridine rings is 1. The summed E-state index contributed by atoms with van der Waals surface area (Å²) >= 11 is 5.72. The summed E-state index contributed by atoms with van der Waals surface area (Å²) in [6.45, 7) is 1.64. The number of carboxylic acids is 1. The molecule has 1 rings (SSSR count). The van der Waals surface area contributed by atoms with Gasteiger partial charge < -0.3 is 5.11 Å². The Labute approximate surface area is 81.4 Å². The van der Waals surface area contributed by atoms with Crippen LogP contribution in [0.3, 0.4) is 0 Å². The average molecular weight is 200 g/mol. The SMILES string of the molecule is CC(Cc1cc(Cl)ccn1)C(=O)O. The number of hydrogen-bond acceptors (Lipinski definition) is 2. The first-order valence-corrected chi connectivity index (χ1v) is 4.30. The monoisotopic (exact) mass is 199 g/mol. The van der Waals surface area contributed by atoms with E-state index in [-0.39, 0.29) is 0 Å². The molecule has 0 spiro atoms. The van der Waals surface area contributed by atoms with Crippen molar-refractivity contribution in [3.63, 3.8) is 0 Å². The van der Waals surface area contributed by atoms with E-state index < -0.39 is 11.9 Å². The molecule has 3 nitrogen and oxygen atoms in total. The van der Waals surface area contributed by atoms with E-state index in [1.807, 2.05) is 0 Å². The summed E-state index contributed by atoms with van der Waals surface area (Å²) in [6, 6.07) is 3.34. The van der Waals surface area contributed by atoms with Gasteiger partial charge in [0.25, 0.3) is 0 Å². The van der Waals surface area contributed by atoms with Gasteiger partial charge in [-0.25, -0.2) is 0 Å². The Morgan fingerprint density at radius 3 is 3.00 bits per heavy atom. The highest BCUT2D eigenvalue weighted by Gasteiger charge is 2.12. The topological polar surface area (TPSA) is 50.2 Å². The predicted molar refractivity (Wildman–Crippen MR) is 49.8 cm³/mol. The van der Waals surface area contributed by atoms with Crippen molar-refractivity contribution in [2.45, 2.75) is 13.3 Å². The molecule has 0 aliphatic heterocycles. The van der Waals surface area contributed by atoms with Crippen LogP contribution in [0.4, 0.5) is 0 Å². The minimum absolute atomic E-state index is 0.413. The van der Waals surface area contributed by atoms with Gasteiger partial charge in [0, 0.05) is 23.3 Å². The Morgan fingerprint density at radius 2 is 2.46 bits per heavy atom. The van der Waals surface area contributed by atoms with Crippen LogP contribution in [0, 0.1) is 5.92 Å². The van der Waals surface area contributed by atoms with Crippen LogP contribution in [0.1, 0.15) is 12.6 Å². The van der Waals surface area contributed by atoms with Gasteiger partial charge in [-0.2, -0.15) is 0 Å². The molecule has 0 radical (unpaired) electrons. The van der Waals surface area contributed by atoms with Gasteiger partial charge in [-0.1, -0.05) is 18.5 Å². The molecule has 1 atom stereocenters. The summed E-state index contributed by atoms with van der Waals surface area (Å²) in [5.74, 6) is -1.24. The zero-order valence-corrected chi connectivity index (χ0v) is 7.95. The third kappa shape index (κ3) is 3.03. The normalized spacial score (nSPS) is 12.5. The van der Waals surface area contributed by atoms with E-state index in [2.05, 4.69) is 4.98 Å². The van der Waals surface area contributed by atoms with Gasteiger partial charge in [0.05, 0.1) is 5.92 Å². The summed E-state index contributed by atoms with van der Waals surface area (Å²) < 4.78 is 0. The second-order valence-electron chi connectivity index (χ2n) is 2.91. The lowest BCUT2D eigenvalue weighted by atomic mass is 10.1. The molecule has 0 aromatic carbocycles. The van der Waals surface area contributed by atoms with Crippen molar-refractivity contribution in [3.05, 3.63) is 29.0 Å². The largest absolute Gasteiger partial charge is 0.481 e. The lowest BCUT2D eigenvalue weighted by molar-refractivity contribution is -0.141. The first-order valence-electron chi connectivity index (χ1n) is 3.93. The zero-order valence-electron chi connectivity index (χ0n) is 7.20. The summed E-state index contributed by atoms with van der Waals surface area (Å²) in [7, 11) is 0. The highest BCUT2D eigenvalue weighted by atomic mass is 35.5. The molecule has 0 saturated heterocycles. The summed E-state index contributed by atoms with van der Waals surface area (Å²) in [5, 5.41) is 9.24. The Hall–Kier alpha value is -1.09. The second-order valence-corrected chi connectivity index (χ2v) is 3.35. The maximum atomic E-state index is 10.5. The minimum Gasteiger partial charge on any atom is -0.481 e. The van der Waals surface area contributed by atoms with Crippen LogP contribution in [-0.4, -0.2) is 16.1 Å². The Kier molecular flexibility index (Phi) is 3.25. The highest BCUT2D eigenvalue weighted by molar-refractivity contribution is 6.30. The van der Waals surface area contributed by atoms with Crippen LogP contribution in [0.15, 0.2) is 18.3 Å². The molecule has 0 saturated carbocycles. The third-order valence-electron chi connectivity index (χ3n) is 1.72. The maximum absolute atomic E-state index is 10.5. The third-order valence-corrected chi connectivity index (χ3v) is 1.95. The number of carboxylic acid groups (broad SMARTS) is 1. The molecule has 1 unspecified atom stereocenters. The number of nitrogens with zero attached hydrogens (tertiary/aromatic N) is 1. The average Bonchev–Trinajstić information content (AvgIpc) is 2.04. The van der Waals surface area contributed by atoms with Gasteiger partial charge in [-0.3, -0.25) is 9.78 Å². The fourth-order valence-electron chi connectivity index (χ4n) is 0.961. The Bertz CT molecular complexity index is 314. The van der Waals surface area contributed by atoms with E-state index in [0.29, 0.717) is 17.1 Å². The molecule has 13 heavy (non-hydrogen) atoms. The summed E-state index contributed by atoms with van der Waals surface area (Å²) in [6.07, 6.45) is 1.99. The Morgan fingerprint density at radius 1 is 1.77 bits per heavy atom. The van der Waals surface area contributed by atoms with Gasteiger partial charge >= 0.3 is 5.97 Å². The molecule has 1 aromatic heterocycles. The van der Waals surface area contributed by atoms with Crippen molar-refractivity contribution in [1.29, 1.82) is 0 Å². The van der Waals surface area contributed by atoms with Crippen LogP contribution in [-0.2, 0) is 11.2 Å². The van der Waals surface area contributed by atoms with Crippen LogP contribution in [0.2, 0.25) is 5.02 Å².